The number of aryl methyl sites for hydroxylation is 2. The Morgan fingerprint density at radius 3 is 2.95 bits per heavy atom. The Morgan fingerprint density at radius 2 is 2.25 bits per heavy atom. The maximum Gasteiger partial charge on any atom is 0.268 e. The lowest BCUT2D eigenvalue weighted by Gasteiger charge is -2.14. The molecule has 5 heteroatoms. The van der Waals surface area contributed by atoms with Crippen molar-refractivity contribution < 1.29 is 4.79 Å². The normalized spacial score (nSPS) is 17.0. The molecule has 1 heterocycles. The van der Waals surface area contributed by atoms with Crippen molar-refractivity contribution in [1.29, 1.82) is 0 Å². The number of benzene rings is 1. The second-order valence-corrected chi connectivity index (χ2v) is 6.09. The summed E-state index contributed by atoms with van der Waals surface area (Å²) < 4.78 is 2.72. The quantitative estimate of drug-likeness (QED) is 0.830. The molecule has 1 aromatic heterocycles. The highest BCUT2D eigenvalue weighted by atomic mass is 79.9. The summed E-state index contributed by atoms with van der Waals surface area (Å²) in [4.78, 5) is 12.3. The topological polar surface area (TPSA) is 60.0 Å². The minimum absolute atomic E-state index is 0.0483. The monoisotopic (exact) mass is 333 g/mol. The van der Waals surface area contributed by atoms with Gasteiger partial charge in [0, 0.05) is 23.4 Å². The Bertz CT molecular complexity index is 678. The van der Waals surface area contributed by atoms with E-state index >= 15 is 0 Å². The van der Waals surface area contributed by atoms with Gasteiger partial charge in [-0.1, -0.05) is 6.07 Å². The molecule has 3 N–H and O–H groups in total. The molecule has 0 bridgehead atoms. The van der Waals surface area contributed by atoms with Gasteiger partial charge < -0.3 is 15.6 Å². The van der Waals surface area contributed by atoms with Gasteiger partial charge in [0.1, 0.15) is 5.69 Å². The van der Waals surface area contributed by atoms with Crippen molar-refractivity contribution in [3.05, 3.63) is 51.8 Å². The van der Waals surface area contributed by atoms with Crippen LogP contribution in [0.3, 0.4) is 0 Å². The molecular formula is C15H16BrN3O. The van der Waals surface area contributed by atoms with Gasteiger partial charge in [0.15, 0.2) is 0 Å². The van der Waals surface area contributed by atoms with Crippen LogP contribution in [0.25, 0.3) is 0 Å². The van der Waals surface area contributed by atoms with E-state index in [4.69, 9.17) is 5.73 Å². The standard InChI is InChI=1S/C15H16BrN3O/c1-19-8-10(16)7-14(19)15(20)18-13-5-2-9-6-11(17)3-4-12(9)13/h3-4,6-8,13H,2,5,17H2,1H3,(H,18,20). The van der Waals surface area contributed by atoms with Crippen molar-refractivity contribution in [3.8, 4) is 0 Å². The number of carbonyl (C=O) groups is 1. The van der Waals surface area contributed by atoms with Crippen molar-refractivity contribution in [2.24, 2.45) is 7.05 Å². The number of fused-ring (bicyclic) bond motifs is 1. The third-order valence-corrected chi connectivity index (χ3v) is 4.19. The van der Waals surface area contributed by atoms with Crippen molar-refractivity contribution in [3.63, 3.8) is 0 Å². The number of hydrogen-bond acceptors (Lipinski definition) is 2. The van der Waals surface area contributed by atoms with Crippen LogP contribution >= 0.6 is 15.9 Å². The van der Waals surface area contributed by atoms with E-state index in [1.165, 1.54) is 11.1 Å². The van der Waals surface area contributed by atoms with E-state index < -0.39 is 0 Å². The van der Waals surface area contributed by atoms with Gasteiger partial charge in [-0.05, 0) is 58.1 Å². The maximum absolute atomic E-state index is 12.3. The maximum atomic E-state index is 12.3. The highest BCUT2D eigenvalue weighted by Crippen LogP contribution is 2.32. The molecule has 0 aliphatic heterocycles. The highest BCUT2D eigenvalue weighted by Gasteiger charge is 2.25. The molecule has 1 atom stereocenters. The van der Waals surface area contributed by atoms with E-state index in [0.29, 0.717) is 5.69 Å². The van der Waals surface area contributed by atoms with E-state index in [0.717, 1.165) is 23.0 Å². The molecule has 0 radical (unpaired) electrons. The summed E-state index contributed by atoms with van der Waals surface area (Å²) in [6.07, 6.45) is 3.76. The summed E-state index contributed by atoms with van der Waals surface area (Å²) in [6, 6.07) is 7.81. The first-order valence-corrected chi connectivity index (χ1v) is 7.35. The first kappa shape index (κ1) is 13.2. The van der Waals surface area contributed by atoms with E-state index in [1.54, 1.807) is 0 Å². The first-order valence-electron chi connectivity index (χ1n) is 6.55. The average Bonchev–Trinajstić information content (AvgIpc) is 2.93. The van der Waals surface area contributed by atoms with Crippen LogP contribution < -0.4 is 11.1 Å². The summed E-state index contributed by atoms with van der Waals surface area (Å²) >= 11 is 3.38. The number of rotatable bonds is 2. The van der Waals surface area contributed by atoms with E-state index in [1.807, 2.05) is 42.1 Å². The van der Waals surface area contributed by atoms with E-state index in [9.17, 15) is 4.79 Å². The second-order valence-electron chi connectivity index (χ2n) is 5.18. The van der Waals surface area contributed by atoms with Crippen molar-refractivity contribution >= 4 is 27.5 Å². The highest BCUT2D eigenvalue weighted by molar-refractivity contribution is 9.10. The Balaban J connectivity index is 1.80. The molecule has 0 spiro atoms. The molecular weight excluding hydrogens is 318 g/mol. The average molecular weight is 334 g/mol. The third-order valence-electron chi connectivity index (χ3n) is 3.75. The molecule has 1 aliphatic rings. The van der Waals surface area contributed by atoms with Crippen LogP contribution in [0, 0.1) is 0 Å². The molecule has 0 saturated heterocycles. The van der Waals surface area contributed by atoms with Crippen LogP contribution in [0.15, 0.2) is 34.9 Å². The molecule has 1 unspecified atom stereocenters. The van der Waals surface area contributed by atoms with E-state index in [-0.39, 0.29) is 11.9 Å². The number of amides is 1. The summed E-state index contributed by atoms with van der Waals surface area (Å²) in [5, 5.41) is 3.10. The molecule has 20 heavy (non-hydrogen) atoms. The second kappa shape index (κ2) is 4.98. The number of halogens is 1. The smallest absolute Gasteiger partial charge is 0.268 e. The minimum atomic E-state index is -0.0483. The Labute approximate surface area is 126 Å². The number of nitrogens with two attached hydrogens (primary N) is 1. The fourth-order valence-corrected chi connectivity index (χ4v) is 3.29. The number of aromatic nitrogens is 1. The van der Waals surface area contributed by atoms with Crippen LogP contribution in [0.1, 0.15) is 34.1 Å². The van der Waals surface area contributed by atoms with Gasteiger partial charge in [-0.25, -0.2) is 0 Å². The Hall–Kier alpha value is -1.75. The van der Waals surface area contributed by atoms with Crippen LogP contribution in [0.2, 0.25) is 0 Å². The molecule has 0 saturated carbocycles. The van der Waals surface area contributed by atoms with E-state index in [2.05, 4.69) is 21.2 Å². The van der Waals surface area contributed by atoms with Crippen molar-refractivity contribution in [2.75, 3.05) is 5.73 Å². The van der Waals surface area contributed by atoms with Gasteiger partial charge in [0.2, 0.25) is 0 Å². The number of carbonyl (C=O) groups excluding carboxylic acids is 1. The summed E-state index contributed by atoms with van der Waals surface area (Å²) in [5.41, 5.74) is 9.65. The number of anilines is 1. The summed E-state index contributed by atoms with van der Waals surface area (Å²) in [5.74, 6) is -0.0483. The lowest BCUT2D eigenvalue weighted by atomic mass is 10.1. The van der Waals surface area contributed by atoms with Crippen LogP contribution in [0.4, 0.5) is 5.69 Å². The van der Waals surface area contributed by atoms with Gasteiger partial charge in [-0.3, -0.25) is 4.79 Å². The van der Waals surface area contributed by atoms with Crippen molar-refractivity contribution in [2.45, 2.75) is 18.9 Å². The molecule has 0 fully saturated rings. The van der Waals surface area contributed by atoms with Gasteiger partial charge >= 0.3 is 0 Å². The zero-order valence-electron chi connectivity index (χ0n) is 11.2. The Morgan fingerprint density at radius 1 is 1.45 bits per heavy atom. The number of nitrogens with zero attached hydrogens (tertiary/aromatic N) is 1. The molecule has 2 aromatic rings. The van der Waals surface area contributed by atoms with Gasteiger partial charge in [-0.2, -0.15) is 0 Å². The molecule has 4 nitrogen and oxygen atoms in total. The largest absolute Gasteiger partial charge is 0.399 e. The predicted molar refractivity (Wildman–Crippen MR) is 82.5 cm³/mol. The zero-order valence-corrected chi connectivity index (χ0v) is 12.8. The molecule has 3 rings (SSSR count). The summed E-state index contributed by atoms with van der Waals surface area (Å²) in [7, 11) is 1.86. The Kier molecular flexibility index (Phi) is 3.30. The SMILES string of the molecule is Cn1cc(Br)cc1C(=O)NC1CCc2cc(N)ccc21. The molecule has 1 aromatic carbocycles. The number of hydrogen-bond donors (Lipinski definition) is 2. The lowest BCUT2D eigenvalue weighted by Crippen LogP contribution is -2.28. The van der Waals surface area contributed by atoms with Crippen molar-refractivity contribution in [1.82, 2.24) is 9.88 Å². The predicted octanol–water partition coefficient (Wildman–Crippen LogP) is 2.79. The molecule has 104 valence electrons. The lowest BCUT2D eigenvalue weighted by molar-refractivity contribution is 0.0928. The zero-order chi connectivity index (χ0) is 14.3. The van der Waals surface area contributed by atoms with Gasteiger partial charge in [-0.15, -0.1) is 0 Å². The fraction of sp³-hybridized carbons (Fsp3) is 0.267. The number of nitrogen functional groups attached to an aromatic ring is 1. The first-order chi connectivity index (χ1) is 9.54. The summed E-state index contributed by atoms with van der Waals surface area (Å²) in [6.45, 7) is 0. The molecule has 1 aliphatic carbocycles. The van der Waals surface area contributed by atoms with Crippen LogP contribution in [-0.4, -0.2) is 10.5 Å². The van der Waals surface area contributed by atoms with Gasteiger partial charge in [0.05, 0.1) is 6.04 Å². The number of nitrogens with one attached hydrogen (secondary N) is 1. The molecule has 1 amide bonds. The van der Waals surface area contributed by atoms with Crippen LogP contribution in [0.5, 0.6) is 0 Å². The fourth-order valence-electron chi connectivity index (χ4n) is 2.77. The van der Waals surface area contributed by atoms with Gasteiger partial charge in [0.25, 0.3) is 5.91 Å². The minimum Gasteiger partial charge on any atom is -0.399 e. The third kappa shape index (κ3) is 2.33. The van der Waals surface area contributed by atoms with Crippen LogP contribution in [-0.2, 0) is 13.5 Å².